The summed E-state index contributed by atoms with van der Waals surface area (Å²) >= 11 is 0. The molecule has 3 heterocycles. The fraction of sp³-hybridized carbons (Fsp3) is 0.643. The van der Waals surface area contributed by atoms with Crippen molar-refractivity contribution >= 4 is 16.9 Å². The van der Waals surface area contributed by atoms with Gasteiger partial charge in [-0.1, -0.05) is 6.42 Å². The SMILES string of the molecule is Cn1ncc2c(N3CC4CCCC(N)C4C3)ncnc21. The maximum Gasteiger partial charge on any atom is 0.163 e. The molecule has 20 heavy (non-hydrogen) atoms. The van der Waals surface area contributed by atoms with E-state index in [1.165, 1.54) is 19.3 Å². The molecule has 2 fully saturated rings. The van der Waals surface area contributed by atoms with E-state index in [2.05, 4.69) is 20.0 Å². The smallest absolute Gasteiger partial charge is 0.163 e. The Morgan fingerprint density at radius 1 is 1.25 bits per heavy atom. The zero-order chi connectivity index (χ0) is 13.7. The van der Waals surface area contributed by atoms with Crippen LogP contribution in [0.15, 0.2) is 12.5 Å². The molecule has 2 N–H and O–H groups in total. The molecule has 4 rings (SSSR count). The molecule has 0 bridgehead atoms. The molecule has 3 atom stereocenters. The van der Waals surface area contributed by atoms with E-state index in [-0.39, 0.29) is 0 Å². The number of hydrogen-bond donors (Lipinski definition) is 1. The Morgan fingerprint density at radius 3 is 3.00 bits per heavy atom. The van der Waals surface area contributed by atoms with Crippen LogP contribution >= 0.6 is 0 Å². The number of fused-ring (bicyclic) bond motifs is 2. The molecule has 0 radical (unpaired) electrons. The van der Waals surface area contributed by atoms with E-state index in [4.69, 9.17) is 5.73 Å². The second kappa shape index (κ2) is 4.41. The molecule has 2 aromatic heterocycles. The van der Waals surface area contributed by atoms with Crippen LogP contribution < -0.4 is 10.6 Å². The number of rotatable bonds is 1. The van der Waals surface area contributed by atoms with Crippen LogP contribution in [0.1, 0.15) is 19.3 Å². The van der Waals surface area contributed by atoms with Gasteiger partial charge in [0.25, 0.3) is 0 Å². The van der Waals surface area contributed by atoms with E-state index in [1.807, 2.05) is 13.2 Å². The molecule has 2 aliphatic rings. The van der Waals surface area contributed by atoms with Crippen LogP contribution in [0, 0.1) is 11.8 Å². The van der Waals surface area contributed by atoms with Crippen molar-refractivity contribution in [1.82, 2.24) is 19.7 Å². The topological polar surface area (TPSA) is 72.9 Å². The van der Waals surface area contributed by atoms with Gasteiger partial charge >= 0.3 is 0 Å². The van der Waals surface area contributed by atoms with Gasteiger partial charge < -0.3 is 10.6 Å². The van der Waals surface area contributed by atoms with E-state index >= 15 is 0 Å². The number of anilines is 1. The van der Waals surface area contributed by atoms with Gasteiger partial charge in [0, 0.05) is 26.2 Å². The van der Waals surface area contributed by atoms with Crippen LogP contribution in [0.3, 0.4) is 0 Å². The molecule has 0 aromatic carbocycles. The molecule has 3 unspecified atom stereocenters. The highest BCUT2D eigenvalue weighted by Gasteiger charge is 2.39. The first kappa shape index (κ1) is 12.1. The average Bonchev–Trinajstić information content (AvgIpc) is 3.04. The van der Waals surface area contributed by atoms with Crippen LogP contribution in [-0.2, 0) is 7.05 Å². The van der Waals surface area contributed by atoms with E-state index in [9.17, 15) is 0 Å². The molecule has 1 aliphatic heterocycles. The van der Waals surface area contributed by atoms with Gasteiger partial charge in [0.15, 0.2) is 5.65 Å². The van der Waals surface area contributed by atoms with E-state index in [0.29, 0.717) is 12.0 Å². The fourth-order valence-electron chi connectivity index (χ4n) is 3.89. The molecular formula is C14H20N6. The summed E-state index contributed by atoms with van der Waals surface area (Å²) in [6.07, 6.45) is 7.24. The maximum absolute atomic E-state index is 6.30. The van der Waals surface area contributed by atoms with Gasteiger partial charge in [0.1, 0.15) is 12.1 Å². The first-order chi connectivity index (χ1) is 9.74. The Morgan fingerprint density at radius 2 is 2.15 bits per heavy atom. The summed E-state index contributed by atoms with van der Waals surface area (Å²) in [6, 6.07) is 0.352. The number of aromatic nitrogens is 4. The first-order valence-corrected chi connectivity index (χ1v) is 7.37. The van der Waals surface area contributed by atoms with Crippen molar-refractivity contribution in [3.05, 3.63) is 12.5 Å². The summed E-state index contributed by atoms with van der Waals surface area (Å²) in [5.41, 5.74) is 7.20. The van der Waals surface area contributed by atoms with Gasteiger partial charge in [-0.2, -0.15) is 5.10 Å². The maximum atomic E-state index is 6.30. The summed E-state index contributed by atoms with van der Waals surface area (Å²) in [6.45, 7) is 2.09. The highest BCUT2D eigenvalue weighted by Crippen LogP contribution is 2.38. The van der Waals surface area contributed by atoms with Crippen molar-refractivity contribution in [3.63, 3.8) is 0 Å². The summed E-state index contributed by atoms with van der Waals surface area (Å²) in [4.78, 5) is 11.2. The number of nitrogens with zero attached hydrogens (tertiary/aromatic N) is 5. The molecule has 0 spiro atoms. The van der Waals surface area contributed by atoms with E-state index in [1.54, 1.807) is 11.0 Å². The Balaban J connectivity index is 1.70. The summed E-state index contributed by atoms with van der Waals surface area (Å²) < 4.78 is 1.80. The minimum absolute atomic E-state index is 0.352. The second-order valence-electron chi connectivity index (χ2n) is 6.13. The zero-order valence-electron chi connectivity index (χ0n) is 11.7. The van der Waals surface area contributed by atoms with E-state index < -0.39 is 0 Å². The van der Waals surface area contributed by atoms with Crippen molar-refractivity contribution < 1.29 is 0 Å². The predicted octanol–water partition coefficient (Wildman–Crippen LogP) is 0.927. The largest absolute Gasteiger partial charge is 0.355 e. The van der Waals surface area contributed by atoms with Crippen LogP contribution in [0.5, 0.6) is 0 Å². The van der Waals surface area contributed by atoms with Crippen molar-refractivity contribution in [3.8, 4) is 0 Å². The molecule has 1 saturated heterocycles. The monoisotopic (exact) mass is 272 g/mol. The van der Waals surface area contributed by atoms with Gasteiger partial charge in [-0.15, -0.1) is 0 Å². The molecule has 6 heteroatoms. The fourth-order valence-corrected chi connectivity index (χ4v) is 3.89. The summed E-state index contributed by atoms with van der Waals surface area (Å²) in [7, 11) is 1.92. The van der Waals surface area contributed by atoms with Crippen LogP contribution in [-0.4, -0.2) is 38.9 Å². The Labute approximate surface area is 118 Å². The lowest BCUT2D eigenvalue weighted by Gasteiger charge is -2.29. The number of hydrogen-bond acceptors (Lipinski definition) is 5. The van der Waals surface area contributed by atoms with Crippen molar-refractivity contribution in [1.29, 1.82) is 0 Å². The lowest BCUT2D eigenvalue weighted by atomic mass is 9.78. The minimum Gasteiger partial charge on any atom is -0.355 e. The first-order valence-electron chi connectivity index (χ1n) is 7.37. The summed E-state index contributed by atoms with van der Waals surface area (Å²) in [5, 5.41) is 5.34. The average molecular weight is 272 g/mol. The second-order valence-corrected chi connectivity index (χ2v) is 6.13. The number of nitrogens with two attached hydrogens (primary N) is 1. The van der Waals surface area contributed by atoms with Crippen molar-refractivity contribution in [2.24, 2.45) is 24.6 Å². The number of aryl methyl sites for hydroxylation is 1. The molecule has 106 valence electrons. The van der Waals surface area contributed by atoms with Crippen LogP contribution in [0.25, 0.3) is 11.0 Å². The lowest BCUT2D eigenvalue weighted by molar-refractivity contribution is 0.260. The Hall–Kier alpha value is -1.69. The molecule has 1 aliphatic carbocycles. The molecule has 1 saturated carbocycles. The standard InChI is InChI=1S/C14H20N6/c1-19-13-10(5-18-19)14(17-8-16-13)20-6-9-3-2-4-12(15)11(9)7-20/h5,8-9,11-12H,2-4,6-7,15H2,1H3. The minimum atomic E-state index is 0.352. The zero-order valence-corrected chi connectivity index (χ0v) is 11.7. The van der Waals surface area contributed by atoms with Gasteiger partial charge in [-0.3, -0.25) is 4.68 Å². The third-order valence-corrected chi connectivity index (χ3v) is 4.96. The molecular weight excluding hydrogens is 252 g/mol. The van der Waals surface area contributed by atoms with Crippen LogP contribution in [0.2, 0.25) is 0 Å². The summed E-state index contributed by atoms with van der Waals surface area (Å²) in [5.74, 6) is 2.36. The predicted molar refractivity (Wildman–Crippen MR) is 77.3 cm³/mol. The third kappa shape index (κ3) is 1.71. The van der Waals surface area contributed by atoms with Gasteiger partial charge in [-0.05, 0) is 24.7 Å². The Bertz CT molecular complexity index is 636. The van der Waals surface area contributed by atoms with Crippen molar-refractivity contribution in [2.75, 3.05) is 18.0 Å². The quantitative estimate of drug-likeness (QED) is 0.836. The molecule has 0 amide bonds. The van der Waals surface area contributed by atoms with Gasteiger partial charge in [0.2, 0.25) is 0 Å². The highest BCUT2D eigenvalue weighted by atomic mass is 15.3. The van der Waals surface area contributed by atoms with E-state index in [0.717, 1.165) is 35.9 Å². The molecule has 6 nitrogen and oxygen atoms in total. The Kier molecular flexibility index (Phi) is 2.66. The van der Waals surface area contributed by atoms with Gasteiger partial charge in [0.05, 0.1) is 11.6 Å². The molecule has 2 aromatic rings. The van der Waals surface area contributed by atoms with Crippen molar-refractivity contribution in [2.45, 2.75) is 25.3 Å². The normalized spacial score (nSPS) is 29.9. The van der Waals surface area contributed by atoms with Gasteiger partial charge in [-0.25, -0.2) is 9.97 Å². The third-order valence-electron chi connectivity index (χ3n) is 4.96. The highest BCUT2D eigenvalue weighted by molar-refractivity contribution is 5.86. The van der Waals surface area contributed by atoms with Crippen LogP contribution in [0.4, 0.5) is 5.82 Å². The lowest BCUT2D eigenvalue weighted by Crippen LogP contribution is -2.38.